The van der Waals surface area contributed by atoms with Crippen LogP contribution in [0.2, 0.25) is 0 Å². The van der Waals surface area contributed by atoms with Crippen molar-refractivity contribution in [2.24, 2.45) is 0 Å². The van der Waals surface area contributed by atoms with E-state index in [1.54, 1.807) is 20.3 Å². The van der Waals surface area contributed by atoms with Crippen molar-refractivity contribution in [1.82, 2.24) is 0 Å². The lowest BCUT2D eigenvalue weighted by Gasteiger charge is -2.11. The maximum atomic E-state index is 12.2. The molecule has 0 aliphatic heterocycles. The number of nitrogens with one attached hydrogen (secondary N) is 1. The lowest BCUT2D eigenvalue weighted by Crippen LogP contribution is -2.15. The van der Waals surface area contributed by atoms with Gasteiger partial charge in [0.2, 0.25) is 5.91 Å². The van der Waals surface area contributed by atoms with Crippen LogP contribution in [0.4, 0.5) is 5.69 Å². The zero-order chi connectivity index (χ0) is 16.1. The van der Waals surface area contributed by atoms with Gasteiger partial charge in [0.05, 0.1) is 20.6 Å². The molecule has 0 fully saturated rings. The Morgan fingerprint density at radius 1 is 1.14 bits per heavy atom. The van der Waals surface area contributed by atoms with E-state index in [0.29, 0.717) is 11.5 Å². The third-order valence-electron chi connectivity index (χ3n) is 3.30. The van der Waals surface area contributed by atoms with Gasteiger partial charge in [-0.15, -0.1) is 0 Å². The van der Waals surface area contributed by atoms with E-state index in [1.807, 2.05) is 37.3 Å². The second-order valence-corrected chi connectivity index (χ2v) is 5.72. The molecule has 0 spiro atoms. The maximum Gasteiger partial charge on any atom is 0.228 e. The lowest BCUT2D eigenvalue weighted by molar-refractivity contribution is -0.115. The number of hydrogen-bond donors (Lipinski definition) is 1. The highest BCUT2D eigenvalue weighted by Gasteiger charge is 2.10. The summed E-state index contributed by atoms with van der Waals surface area (Å²) in [5, 5.41) is 2.88. The number of carbonyl (C=O) groups is 1. The van der Waals surface area contributed by atoms with Crippen molar-refractivity contribution in [3.8, 4) is 11.5 Å². The first-order valence-corrected chi connectivity index (χ1v) is 7.59. The van der Waals surface area contributed by atoms with Crippen molar-refractivity contribution in [2.45, 2.75) is 13.3 Å². The molecule has 0 radical (unpaired) electrons. The van der Waals surface area contributed by atoms with Crippen molar-refractivity contribution in [2.75, 3.05) is 19.5 Å². The summed E-state index contributed by atoms with van der Waals surface area (Å²) in [6.45, 7) is 2.00. The first-order valence-electron chi connectivity index (χ1n) is 6.80. The second-order valence-electron chi connectivity index (χ2n) is 4.87. The van der Waals surface area contributed by atoms with Gasteiger partial charge in [-0.1, -0.05) is 28.1 Å². The van der Waals surface area contributed by atoms with Gasteiger partial charge >= 0.3 is 0 Å². The van der Waals surface area contributed by atoms with Crippen molar-refractivity contribution in [1.29, 1.82) is 0 Å². The maximum absolute atomic E-state index is 12.2. The standard InChI is InChI=1S/C17H18BrNO3/c1-11-4-6-13(9-15(11)18)19-17(20)8-12-5-7-14(21-2)10-16(12)22-3/h4-7,9-10H,8H2,1-3H3,(H,19,20). The van der Waals surface area contributed by atoms with Gasteiger partial charge in [0.1, 0.15) is 11.5 Å². The summed E-state index contributed by atoms with van der Waals surface area (Å²) in [6.07, 6.45) is 0.235. The Balaban J connectivity index is 2.10. The highest BCUT2D eigenvalue weighted by Crippen LogP contribution is 2.25. The van der Waals surface area contributed by atoms with E-state index in [1.165, 1.54) is 0 Å². The quantitative estimate of drug-likeness (QED) is 0.874. The minimum atomic E-state index is -0.0979. The van der Waals surface area contributed by atoms with Crippen LogP contribution in [-0.4, -0.2) is 20.1 Å². The van der Waals surface area contributed by atoms with E-state index >= 15 is 0 Å². The molecule has 4 nitrogen and oxygen atoms in total. The molecule has 5 heteroatoms. The Bertz CT molecular complexity index is 686. The lowest BCUT2D eigenvalue weighted by atomic mass is 10.1. The summed E-state index contributed by atoms with van der Waals surface area (Å²) in [5.74, 6) is 1.24. The first-order chi connectivity index (χ1) is 10.5. The molecule has 0 heterocycles. The van der Waals surface area contributed by atoms with Gasteiger partial charge in [-0.05, 0) is 30.7 Å². The first kappa shape index (κ1) is 16.4. The fraction of sp³-hybridized carbons (Fsp3) is 0.235. The Morgan fingerprint density at radius 3 is 2.55 bits per heavy atom. The molecule has 2 aromatic carbocycles. The number of carbonyl (C=O) groups excluding carboxylic acids is 1. The van der Waals surface area contributed by atoms with Crippen LogP contribution in [-0.2, 0) is 11.2 Å². The minimum Gasteiger partial charge on any atom is -0.497 e. The summed E-state index contributed by atoms with van der Waals surface area (Å²) in [7, 11) is 3.17. The number of hydrogen-bond acceptors (Lipinski definition) is 3. The molecule has 0 saturated heterocycles. The molecule has 0 aliphatic rings. The zero-order valence-electron chi connectivity index (χ0n) is 12.8. The summed E-state index contributed by atoms with van der Waals surface area (Å²) in [4.78, 5) is 12.2. The van der Waals surface area contributed by atoms with Crippen molar-refractivity contribution >= 4 is 27.5 Å². The van der Waals surface area contributed by atoms with Crippen LogP contribution >= 0.6 is 15.9 Å². The van der Waals surface area contributed by atoms with E-state index in [4.69, 9.17) is 9.47 Å². The predicted molar refractivity (Wildman–Crippen MR) is 90.8 cm³/mol. The normalized spacial score (nSPS) is 10.2. The van der Waals surface area contributed by atoms with E-state index < -0.39 is 0 Å². The van der Waals surface area contributed by atoms with Gasteiger partial charge in [0.25, 0.3) is 0 Å². The van der Waals surface area contributed by atoms with Gasteiger partial charge < -0.3 is 14.8 Å². The average Bonchev–Trinajstić information content (AvgIpc) is 2.51. The third-order valence-corrected chi connectivity index (χ3v) is 4.16. The van der Waals surface area contributed by atoms with Crippen LogP contribution in [0, 0.1) is 6.92 Å². The summed E-state index contributed by atoms with van der Waals surface area (Å²) >= 11 is 3.46. The van der Waals surface area contributed by atoms with Crippen LogP contribution in [0.3, 0.4) is 0 Å². The third kappa shape index (κ3) is 4.01. The predicted octanol–water partition coefficient (Wildman–Crippen LogP) is 3.96. The molecule has 22 heavy (non-hydrogen) atoms. The monoisotopic (exact) mass is 363 g/mol. The van der Waals surface area contributed by atoms with Crippen LogP contribution < -0.4 is 14.8 Å². The SMILES string of the molecule is COc1ccc(CC(=O)Nc2ccc(C)c(Br)c2)c(OC)c1. The number of ether oxygens (including phenoxy) is 2. The second kappa shape index (κ2) is 7.31. The van der Waals surface area contributed by atoms with E-state index in [2.05, 4.69) is 21.2 Å². The smallest absolute Gasteiger partial charge is 0.228 e. The van der Waals surface area contributed by atoms with E-state index in [0.717, 1.165) is 21.3 Å². The molecule has 0 aliphatic carbocycles. The Labute approximate surface area is 138 Å². The topological polar surface area (TPSA) is 47.6 Å². The molecule has 2 aromatic rings. The minimum absolute atomic E-state index is 0.0979. The molecule has 2 rings (SSSR count). The molecule has 1 amide bonds. The van der Waals surface area contributed by atoms with Gasteiger partial charge in [-0.2, -0.15) is 0 Å². The number of aryl methyl sites for hydroxylation is 1. The van der Waals surface area contributed by atoms with Crippen LogP contribution in [0.1, 0.15) is 11.1 Å². The van der Waals surface area contributed by atoms with E-state index in [-0.39, 0.29) is 12.3 Å². The highest BCUT2D eigenvalue weighted by molar-refractivity contribution is 9.10. The number of halogens is 1. The highest BCUT2D eigenvalue weighted by atomic mass is 79.9. The fourth-order valence-electron chi connectivity index (χ4n) is 2.05. The molecule has 0 aromatic heterocycles. The molecule has 0 atom stereocenters. The fourth-order valence-corrected chi connectivity index (χ4v) is 2.43. The number of amides is 1. The van der Waals surface area contributed by atoms with Crippen molar-refractivity contribution in [3.63, 3.8) is 0 Å². The molecule has 0 saturated carbocycles. The Morgan fingerprint density at radius 2 is 1.91 bits per heavy atom. The molecule has 1 N–H and O–H groups in total. The summed E-state index contributed by atoms with van der Waals surface area (Å²) < 4.78 is 11.4. The van der Waals surface area contributed by atoms with Crippen LogP contribution in [0.5, 0.6) is 11.5 Å². The largest absolute Gasteiger partial charge is 0.497 e. The zero-order valence-corrected chi connectivity index (χ0v) is 14.4. The van der Waals surface area contributed by atoms with Crippen molar-refractivity contribution in [3.05, 3.63) is 52.0 Å². The number of anilines is 1. The average molecular weight is 364 g/mol. The van der Waals surface area contributed by atoms with Gasteiger partial charge in [0.15, 0.2) is 0 Å². The summed E-state index contributed by atoms with van der Waals surface area (Å²) in [5.41, 5.74) is 2.69. The van der Waals surface area contributed by atoms with Gasteiger partial charge in [0, 0.05) is 21.8 Å². The van der Waals surface area contributed by atoms with Gasteiger partial charge in [-0.3, -0.25) is 4.79 Å². The number of methoxy groups -OCH3 is 2. The molecular weight excluding hydrogens is 346 g/mol. The molecule has 0 bridgehead atoms. The van der Waals surface area contributed by atoms with Gasteiger partial charge in [-0.25, -0.2) is 0 Å². The van der Waals surface area contributed by atoms with Crippen LogP contribution in [0.25, 0.3) is 0 Å². The Hall–Kier alpha value is -2.01. The number of rotatable bonds is 5. The molecular formula is C17H18BrNO3. The number of benzene rings is 2. The molecule has 0 unspecified atom stereocenters. The molecule has 116 valence electrons. The Kier molecular flexibility index (Phi) is 5.44. The van der Waals surface area contributed by atoms with Crippen molar-refractivity contribution < 1.29 is 14.3 Å². The van der Waals surface area contributed by atoms with E-state index in [9.17, 15) is 4.79 Å². The van der Waals surface area contributed by atoms with Crippen LogP contribution in [0.15, 0.2) is 40.9 Å². The summed E-state index contributed by atoms with van der Waals surface area (Å²) in [6, 6.07) is 11.1.